The number of hydrogen-bond acceptors (Lipinski definition) is 7. The van der Waals surface area contributed by atoms with Gasteiger partial charge >= 0.3 is 0 Å². The Bertz CT molecular complexity index is 1560. The van der Waals surface area contributed by atoms with Gasteiger partial charge in [0.2, 0.25) is 8.41 Å². The van der Waals surface area contributed by atoms with Gasteiger partial charge in [-0.3, -0.25) is 9.48 Å². The lowest BCUT2D eigenvalue weighted by Crippen LogP contribution is -2.46. The Balaban J connectivity index is 1.32. The number of benzene rings is 3. The van der Waals surface area contributed by atoms with Gasteiger partial charge in [0, 0.05) is 53.8 Å². The van der Waals surface area contributed by atoms with Crippen LogP contribution in [-0.2, 0) is 11.3 Å². The summed E-state index contributed by atoms with van der Waals surface area (Å²) in [6.07, 6.45) is 1.55. The number of carbonyl (C=O) groups excluding carboxylic acids is 1. The molecule has 1 aliphatic rings. The maximum absolute atomic E-state index is 16.0. The van der Waals surface area contributed by atoms with Crippen molar-refractivity contribution in [3.05, 3.63) is 101 Å². The van der Waals surface area contributed by atoms with Crippen LogP contribution in [0, 0.1) is 5.92 Å². The van der Waals surface area contributed by atoms with Crippen molar-refractivity contribution in [3.8, 4) is 5.75 Å². The number of aliphatic hydroxyl groups is 1. The summed E-state index contributed by atoms with van der Waals surface area (Å²) < 4.78 is 30.2. The number of fused-ring (bicyclic) bond motifs is 1. The summed E-state index contributed by atoms with van der Waals surface area (Å²) in [4.78, 5) is 12.8. The molecule has 1 amide bonds. The average Bonchev–Trinajstić information content (AvgIpc) is 3.46. The van der Waals surface area contributed by atoms with Gasteiger partial charge in [0.25, 0.3) is 5.91 Å². The van der Waals surface area contributed by atoms with Crippen LogP contribution >= 0.6 is 0 Å². The number of carbonyl (C=O) groups is 1. The molecule has 0 radical (unpaired) electrons. The fourth-order valence-electron chi connectivity index (χ4n) is 6.10. The Kier molecular flexibility index (Phi) is 9.47. The van der Waals surface area contributed by atoms with Crippen molar-refractivity contribution < 1.29 is 23.5 Å². The molecule has 4 N–H and O–H groups in total. The van der Waals surface area contributed by atoms with Gasteiger partial charge in [0.05, 0.1) is 24.3 Å². The van der Waals surface area contributed by atoms with E-state index >= 15 is 4.11 Å². The topological polar surface area (TPSA) is 125 Å². The van der Waals surface area contributed by atoms with Crippen LogP contribution in [0.25, 0.3) is 0 Å². The normalized spacial score (nSPS) is 19.5. The second kappa shape index (κ2) is 13.3. The summed E-state index contributed by atoms with van der Waals surface area (Å²) in [6.45, 7) is 5.81. The molecule has 0 spiro atoms. The Hall–Kier alpha value is -4.06. The van der Waals surface area contributed by atoms with E-state index in [9.17, 15) is 9.90 Å². The second-order valence-corrected chi connectivity index (χ2v) is 15.8. The van der Waals surface area contributed by atoms with Crippen molar-refractivity contribution in [3.63, 3.8) is 0 Å². The van der Waals surface area contributed by atoms with Crippen LogP contribution in [0.1, 0.15) is 52.5 Å². The molecule has 4 aromatic rings. The molecular formula is C33H40FN5O4Si. The molecule has 1 aromatic heterocycles. The number of nitrogens with zero attached hydrogens (tertiary/aromatic N) is 3. The van der Waals surface area contributed by atoms with Gasteiger partial charge in [-0.05, 0) is 67.5 Å². The number of methoxy groups -OCH3 is 1. The van der Waals surface area contributed by atoms with Crippen molar-refractivity contribution in [1.82, 2.24) is 15.0 Å². The zero-order valence-corrected chi connectivity index (χ0v) is 26.5. The van der Waals surface area contributed by atoms with Crippen LogP contribution < -0.4 is 15.8 Å². The molecule has 0 saturated carbocycles. The van der Waals surface area contributed by atoms with E-state index in [0.717, 1.165) is 11.1 Å². The molecule has 0 saturated heterocycles. The Morgan fingerprint density at radius 3 is 2.55 bits per heavy atom. The van der Waals surface area contributed by atoms with Crippen LogP contribution in [0.3, 0.4) is 0 Å². The maximum atomic E-state index is 16.0. The lowest BCUT2D eigenvalue weighted by molar-refractivity contribution is -0.0242. The minimum atomic E-state index is -3.23. The summed E-state index contributed by atoms with van der Waals surface area (Å²) in [5, 5.41) is 21.6. The monoisotopic (exact) mass is 617 g/mol. The lowest BCUT2D eigenvalue weighted by Gasteiger charge is -2.43. The van der Waals surface area contributed by atoms with Gasteiger partial charge in [0.15, 0.2) is 0 Å². The number of nitrogens with two attached hydrogens (primary N) is 1. The number of rotatable bonds is 11. The summed E-state index contributed by atoms with van der Waals surface area (Å²) in [5.41, 5.74) is 9.51. The van der Waals surface area contributed by atoms with Crippen molar-refractivity contribution in [1.29, 1.82) is 0 Å². The van der Waals surface area contributed by atoms with E-state index < -0.39 is 14.5 Å². The smallest absolute Gasteiger partial charge is 0.255 e. The summed E-state index contributed by atoms with van der Waals surface area (Å²) in [7, 11) is -1.59. The van der Waals surface area contributed by atoms with Gasteiger partial charge in [0.1, 0.15) is 11.9 Å². The summed E-state index contributed by atoms with van der Waals surface area (Å²) in [6, 6.07) is 21.9. The Morgan fingerprint density at radius 1 is 1.16 bits per heavy atom. The fraction of sp³-hybridized carbons (Fsp3) is 0.364. The van der Waals surface area contributed by atoms with E-state index in [4.69, 9.17) is 15.2 Å². The number of aryl methyl sites for hydroxylation is 1. The number of anilines is 2. The van der Waals surface area contributed by atoms with Gasteiger partial charge in [-0.2, -0.15) is 0 Å². The van der Waals surface area contributed by atoms with Crippen molar-refractivity contribution >= 4 is 25.7 Å². The number of nitrogens with one attached hydrogen (secondary N) is 1. The van der Waals surface area contributed by atoms with Gasteiger partial charge in [-0.1, -0.05) is 42.5 Å². The first-order chi connectivity index (χ1) is 21.1. The van der Waals surface area contributed by atoms with Crippen LogP contribution in [0.15, 0.2) is 79.0 Å². The zero-order valence-electron chi connectivity index (χ0n) is 25.5. The molecule has 2 unspecified atom stereocenters. The van der Waals surface area contributed by atoms with E-state index in [1.165, 1.54) is 0 Å². The predicted molar refractivity (Wildman–Crippen MR) is 171 cm³/mol. The minimum absolute atomic E-state index is 0.0895. The van der Waals surface area contributed by atoms with Crippen LogP contribution in [0.4, 0.5) is 15.5 Å². The number of aliphatic hydroxyl groups excluding tert-OH is 1. The van der Waals surface area contributed by atoms with E-state index in [-0.39, 0.29) is 36.0 Å². The molecule has 232 valence electrons. The summed E-state index contributed by atoms with van der Waals surface area (Å²) in [5.74, 6) is -0.0802. The van der Waals surface area contributed by atoms with E-state index in [2.05, 4.69) is 15.6 Å². The molecule has 5 rings (SSSR count). The van der Waals surface area contributed by atoms with Crippen molar-refractivity contribution in [2.75, 3.05) is 24.8 Å². The largest absolute Gasteiger partial charge is 0.490 e. The molecule has 11 heteroatoms. The van der Waals surface area contributed by atoms with E-state index in [1.807, 2.05) is 55.6 Å². The highest BCUT2D eigenvalue weighted by atomic mass is 28.4. The molecule has 0 fully saturated rings. The molecule has 0 aliphatic carbocycles. The maximum Gasteiger partial charge on any atom is 0.255 e. The average molecular weight is 618 g/mol. The molecule has 5 atom stereocenters. The number of hydrogen-bond donors (Lipinski definition) is 3. The summed E-state index contributed by atoms with van der Waals surface area (Å²) >= 11 is 0. The first-order valence-corrected chi connectivity index (χ1v) is 17.8. The van der Waals surface area contributed by atoms with E-state index in [0.29, 0.717) is 41.3 Å². The standard InChI is InChI=1S/C33H40FN5O4Si/c1-21-31(42-2)26-18-25(36-33(41)23-10-12-24(35)13-11-23)14-15-29(26)43-32(21)30(44(3,4)34)16-17-39-19-28(37-38-39)27(20-40)22-8-6-5-7-9-22/h5-15,18-19,21,27,30-32,40H,16-17,20,35H2,1-4H3,(H,36,41)/t21-,27?,30?,31-,32-/m0/s1. The van der Waals surface area contributed by atoms with Gasteiger partial charge in [-0.25, -0.2) is 0 Å². The fourth-order valence-corrected chi connectivity index (χ4v) is 8.07. The third-order valence-electron chi connectivity index (χ3n) is 8.51. The molecular weight excluding hydrogens is 577 g/mol. The zero-order chi connectivity index (χ0) is 31.4. The third-order valence-corrected chi connectivity index (χ3v) is 10.9. The SMILES string of the molecule is CO[C@@H]1c2cc(NC(=O)c3ccc(N)cc3)ccc2O[C@H](C(CCn2cc(C(CO)c3ccccc3)nn2)[Si](C)(C)F)[C@H]1C. The van der Waals surface area contributed by atoms with Gasteiger partial charge in [-0.15, -0.1) is 5.10 Å². The quantitative estimate of drug-likeness (QED) is 0.108. The Morgan fingerprint density at radius 2 is 1.89 bits per heavy atom. The number of halogens is 1. The number of aromatic nitrogens is 3. The molecule has 0 bridgehead atoms. The van der Waals surface area contributed by atoms with Crippen LogP contribution in [0.2, 0.25) is 18.6 Å². The number of nitrogen functional groups attached to an aromatic ring is 1. The third kappa shape index (κ3) is 6.85. The molecule has 44 heavy (non-hydrogen) atoms. The highest BCUT2D eigenvalue weighted by Crippen LogP contribution is 2.48. The van der Waals surface area contributed by atoms with Crippen molar-refractivity contribution in [2.24, 2.45) is 5.92 Å². The second-order valence-electron chi connectivity index (χ2n) is 11.9. The van der Waals surface area contributed by atoms with E-state index in [1.54, 1.807) is 55.2 Å². The highest BCUT2D eigenvalue weighted by molar-refractivity contribution is 6.72. The highest BCUT2D eigenvalue weighted by Gasteiger charge is 2.47. The number of amides is 1. The molecule has 2 heterocycles. The van der Waals surface area contributed by atoms with Crippen molar-refractivity contribution in [2.45, 2.75) is 56.7 Å². The van der Waals surface area contributed by atoms with Crippen LogP contribution in [-0.4, -0.2) is 54.2 Å². The van der Waals surface area contributed by atoms with Gasteiger partial charge < -0.3 is 29.7 Å². The molecule has 1 aliphatic heterocycles. The predicted octanol–water partition coefficient (Wildman–Crippen LogP) is 5.96. The number of ether oxygens (including phenoxy) is 2. The first-order valence-electron chi connectivity index (χ1n) is 14.8. The Labute approximate surface area is 258 Å². The minimum Gasteiger partial charge on any atom is -0.490 e. The van der Waals surface area contributed by atoms with Crippen LogP contribution in [0.5, 0.6) is 5.75 Å². The first kappa shape index (κ1) is 31.4. The molecule has 3 aromatic carbocycles. The molecule has 9 nitrogen and oxygen atoms in total. The lowest BCUT2D eigenvalue weighted by atomic mass is 9.86.